The van der Waals surface area contributed by atoms with Gasteiger partial charge in [-0.1, -0.05) is 32.4 Å². The van der Waals surface area contributed by atoms with Crippen molar-refractivity contribution in [1.82, 2.24) is 0 Å². The summed E-state index contributed by atoms with van der Waals surface area (Å²) in [5.74, 6) is 0.880. The van der Waals surface area contributed by atoms with E-state index >= 15 is 0 Å². The molecule has 3 heteroatoms. The van der Waals surface area contributed by atoms with E-state index in [1.165, 1.54) is 17.8 Å². The molecular formula is C13H19FOS. The molecule has 90 valence electrons. The summed E-state index contributed by atoms with van der Waals surface area (Å²) in [4.78, 5) is 0.616. The Morgan fingerprint density at radius 3 is 2.69 bits per heavy atom. The van der Waals surface area contributed by atoms with Gasteiger partial charge in [-0.2, -0.15) is 0 Å². The normalized spacial score (nSPS) is 14.8. The van der Waals surface area contributed by atoms with Gasteiger partial charge in [-0.3, -0.25) is 0 Å². The highest BCUT2D eigenvalue weighted by Gasteiger charge is 2.10. The van der Waals surface area contributed by atoms with Crippen molar-refractivity contribution >= 4 is 11.8 Å². The molecule has 0 aliphatic heterocycles. The van der Waals surface area contributed by atoms with E-state index in [4.69, 9.17) is 0 Å². The van der Waals surface area contributed by atoms with Crippen LogP contribution >= 0.6 is 11.8 Å². The minimum atomic E-state index is -0.348. The van der Waals surface area contributed by atoms with Crippen molar-refractivity contribution in [3.63, 3.8) is 0 Å². The zero-order chi connectivity index (χ0) is 12.0. The lowest BCUT2D eigenvalue weighted by molar-refractivity contribution is 0.167. The minimum Gasteiger partial charge on any atom is -0.392 e. The van der Waals surface area contributed by atoms with Crippen LogP contribution in [0.25, 0.3) is 0 Å². The maximum atomic E-state index is 13.3. The molecule has 0 bridgehead atoms. The molecule has 2 atom stereocenters. The number of aliphatic hydroxyl groups excluding tert-OH is 1. The molecule has 0 fully saturated rings. The molecular weight excluding hydrogens is 223 g/mol. The Kier molecular flexibility index (Phi) is 5.85. The van der Waals surface area contributed by atoms with Gasteiger partial charge >= 0.3 is 0 Å². The number of thioether (sulfide) groups is 1. The first-order valence-corrected chi connectivity index (χ1v) is 6.67. The lowest BCUT2D eigenvalue weighted by Crippen LogP contribution is -2.14. The van der Waals surface area contributed by atoms with E-state index in [1.807, 2.05) is 6.07 Å². The smallest absolute Gasteiger partial charge is 0.136 e. The summed E-state index contributed by atoms with van der Waals surface area (Å²) in [5.41, 5.74) is 0. The molecule has 0 heterocycles. The second-order valence-electron chi connectivity index (χ2n) is 4.14. The van der Waals surface area contributed by atoms with Gasteiger partial charge in [0.1, 0.15) is 5.82 Å². The minimum absolute atomic E-state index is 0.205. The molecule has 0 spiro atoms. The highest BCUT2D eigenvalue weighted by atomic mass is 32.2. The Bertz CT molecular complexity index is 317. The molecule has 1 rings (SSSR count). The summed E-state index contributed by atoms with van der Waals surface area (Å²) in [6, 6.07) is 6.68. The van der Waals surface area contributed by atoms with Crippen LogP contribution in [0.3, 0.4) is 0 Å². The van der Waals surface area contributed by atoms with Crippen molar-refractivity contribution in [2.24, 2.45) is 5.92 Å². The van der Waals surface area contributed by atoms with Crippen molar-refractivity contribution in [2.45, 2.75) is 37.7 Å². The van der Waals surface area contributed by atoms with E-state index < -0.39 is 0 Å². The SMILES string of the molecule is CCC(C)CC(O)CSc1ccccc1F. The monoisotopic (exact) mass is 242 g/mol. The highest BCUT2D eigenvalue weighted by Crippen LogP contribution is 2.23. The van der Waals surface area contributed by atoms with Crippen molar-refractivity contribution in [3.05, 3.63) is 30.1 Å². The number of hydrogen-bond donors (Lipinski definition) is 1. The molecule has 1 nitrogen and oxygen atoms in total. The second-order valence-corrected chi connectivity index (χ2v) is 5.21. The third-order valence-electron chi connectivity index (χ3n) is 2.64. The van der Waals surface area contributed by atoms with Crippen LogP contribution in [0.1, 0.15) is 26.7 Å². The van der Waals surface area contributed by atoms with Crippen LogP contribution < -0.4 is 0 Å². The Hall–Kier alpha value is -0.540. The van der Waals surface area contributed by atoms with Crippen molar-refractivity contribution in [3.8, 4) is 0 Å². The lowest BCUT2D eigenvalue weighted by atomic mass is 10.0. The third kappa shape index (κ3) is 4.54. The van der Waals surface area contributed by atoms with E-state index in [1.54, 1.807) is 12.1 Å². The second kappa shape index (κ2) is 6.92. The van der Waals surface area contributed by atoms with Crippen LogP contribution in [-0.2, 0) is 0 Å². The van der Waals surface area contributed by atoms with E-state index in [2.05, 4.69) is 13.8 Å². The van der Waals surface area contributed by atoms with E-state index in [0.717, 1.165) is 12.8 Å². The fourth-order valence-electron chi connectivity index (χ4n) is 1.45. The average Bonchev–Trinajstić information content (AvgIpc) is 2.28. The molecule has 0 aliphatic carbocycles. The maximum Gasteiger partial charge on any atom is 0.136 e. The summed E-state index contributed by atoms with van der Waals surface area (Å²) in [6.45, 7) is 4.23. The molecule has 0 saturated heterocycles. The number of hydrogen-bond acceptors (Lipinski definition) is 2. The fourth-order valence-corrected chi connectivity index (χ4v) is 2.34. The maximum absolute atomic E-state index is 13.3. The van der Waals surface area contributed by atoms with E-state index in [9.17, 15) is 9.50 Å². The molecule has 2 unspecified atom stereocenters. The van der Waals surface area contributed by atoms with Gasteiger partial charge in [0.15, 0.2) is 0 Å². The van der Waals surface area contributed by atoms with Gasteiger partial charge < -0.3 is 5.11 Å². The van der Waals surface area contributed by atoms with E-state index in [0.29, 0.717) is 16.6 Å². The Morgan fingerprint density at radius 2 is 2.06 bits per heavy atom. The average molecular weight is 242 g/mol. The quantitative estimate of drug-likeness (QED) is 0.767. The summed E-state index contributed by atoms with van der Waals surface area (Å²) in [7, 11) is 0. The molecule has 1 aromatic rings. The summed E-state index contributed by atoms with van der Waals surface area (Å²) in [5, 5.41) is 9.76. The molecule has 0 aliphatic rings. The number of rotatable bonds is 6. The Balaban J connectivity index is 2.37. The van der Waals surface area contributed by atoms with Crippen LogP contribution in [0.2, 0.25) is 0 Å². The van der Waals surface area contributed by atoms with Crippen LogP contribution in [0.4, 0.5) is 4.39 Å². The van der Waals surface area contributed by atoms with Gasteiger partial charge in [0.05, 0.1) is 6.10 Å². The van der Waals surface area contributed by atoms with Gasteiger partial charge in [-0.05, 0) is 24.5 Å². The van der Waals surface area contributed by atoms with Gasteiger partial charge in [0, 0.05) is 10.6 Å². The number of halogens is 1. The van der Waals surface area contributed by atoms with Gasteiger partial charge in [-0.15, -0.1) is 11.8 Å². The zero-order valence-corrected chi connectivity index (χ0v) is 10.6. The van der Waals surface area contributed by atoms with Crippen molar-refractivity contribution in [2.75, 3.05) is 5.75 Å². The number of aliphatic hydroxyl groups is 1. The first kappa shape index (κ1) is 13.5. The number of benzene rings is 1. The predicted octanol–water partition coefficient (Wildman–Crippen LogP) is 3.71. The highest BCUT2D eigenvalue weighted by molar-refractivity contribution is 7.99. The van der Waals surface area contributed by atoms with Crippen molar-refractivity contribution < 1.29 is 9.50 Å². The van der Waals surface area contributed by atoms with Crippen molar-refractivity contribution in [1.29, 1.82) is 0 Å². The van der Waals surface area contributed by atoms with Crippen LogP contribution in [0.15, 0.2) is 29.2 Å². The Morgan fingerprint density at radius 1 is 1.38 bits per heavy atom. The van der Waals surface area contributed by atoms with Crippen LogP contribution in [0, 0.1) is 11.7 Å². The van der Waals surface area contributed by atoms with Gasteiger partial charge in [0.2, 0.25) is 0 Å². The topological polar surface area (TPSA) is 20.2 Å². The van der Waals surface area contributed by atoms with Gasteiger partial charge in [0.25, 0.3) is 0 Å². The lowest BCUT2D eigenvalue weighted by Gasteiger charge is -2.14. The molecule has 1 N–H and O–H groups in total. The fraction of sp³-hybridized carbons (Fsp3) is 0.538. The molecule has 0 radical (unpaired) electrons. The largest absolute Gasteiger partial charge is 0.392 e. The van der Waals surface area contributed by atoms with Crippen LogP contribution in [-0.4, -0.2) is 17.0 Å². The predicted molar refractivity (Wildman–Crippen MR) is 67.2 cm³/mol. The first-order chi connectivity index (χ1) is 7.63. The van der Waals surface area contributed by atoms with E-state index in [-0.39, 0.29) is 11.9 Å². The van der Waals surface area contributed by atoms with Gasteiger partial charge in [-0.25, -0.2) is 4.39 Å². The molecule has 16 heavy (non-hydrogen) atoms. The molecule has 0 aromatic heterocycles. The standard InChI is InChI=1S/C13H19FOS/c1-3-10(2)8-11(15)9-16-13-7-5-4-6-12(13)14/h4-7,10-11,15H,3,8-9H2,1-2H3. The molecule has 1 aromatic carbocycles. The summed E-state index contributed by atoms with van der Waals surface area (Å²) >= 11 is 1.38. The molecule has 0 saturated carbocycles. The summed E-state index contributed by atoms with van der Waals surface area (Å²) < 4.78 is 13.3. The zero-order valence-electron chi connectivity index (χ0n) is 9.82. The Labute approximate surface area is 101 Å². The third-order valence-corrected chi connectivity index (χ3v) is 3.83. The first-order valence-electron chi connectivity index (χ1n) is 5.68. The molecule has 0 amide bonds. The summed E-state index contributed by atoms with van der Waals surface area (Å²) in [6.07, 6.45) is 1.51. The van der Waals surface area contributed by atoms with Crippen LogP contribution in [0.5, 0.6) is 0 Å².